The summed E-state index contributed by atoms with van der Waals surface area (Å²) in [7, 11) is -4.46. The molecular formula is C25H25ClFN3O5S. The van der Waals surface area contributed by atoms with Gasteiger partial charge in [0.25, 0.3) is 5.69 Å². The van der Waals surface area contributed by atoms with Crippen molar-refractivity contribution in [1.29, 1.82) is 0 Å². The molecule has 0 aliphatic heterocycles. The van der Waals surface area contributed by atoms with E-state index in [-0.39, 0.29) is 41.0 Å². The minimum Gasteiger partial charge on any atom is -0.473 e. The Kier molecular flexibility index (Phi) is 6.70. The minimum absolute atomic E-state index is 0.0414. The molecule has 8 nitrogen and oxygen atoms in total. The van der Waals surface area contributed by atoms with Gasteiger partial charge in [-0.2, -0.15) is 4.31 Å². The number of non-ortho nitro benzene ring substituents is 1. The van der Waals surface area contributed by atoms with Gasteiger partial charge >= 0.3 is 0 Å². The van der Waals surface area contributed by atoms with E-state index in [9.17, 15) is 22.9 Å². The summed E-state index contributed by atoms with van der Waals surface area (Å²) in [6, 6.07) is 12.9. The first-order valence-electron chi connectivity index (χ1n) is 12.7. The maximum absolute atomic E-state index is 14.1. The molecule has 0 unspecified atom stereocenters. The summed E-state index contributed by atoms with van der Waals surface area (Å²) >= 11 is 5.78. The Hall–Kier alpha value is -3.08. The van der Waals surface area contributed by atoms with Crippen molar-refractivity contribution >= 4 is 27.3 Å². The van der Waals surface area contributed by atoms with E-state index in [4.69, 9.17) is 20.5 Å². The molecule has 1 saturated carbocycles. The molecule has 4 rings (SSSR count). The third-order valence-corrected chi connectivity index (χ3v) is 8.11. The highest BCUT2D eigenvalue weighted by Crippen LogP contribution is 2.36. The highest BCUT2D eigenvalue weighted by Gasteiger charge is 2.32. The largest absolute Gasteiger partial charge is 0.473 e. The van der Waals surface area contributed by atoms with E-state index < -0.39 is 33.8 Å². The molecule has 36 heavy (non-hydrogen) atoms. The smallest absolute Gasteiger partial charge is 0.269 e. The predicted octanol–water partition coefficient (Wildman–Crippen LogP) is 5.71. The van der Waals surface area contributed by atoms with E-state index in [2.05, 4.69) is 4.98 Å². The number of pyridine rings is 1. The number of hydrogen-bond acceptors (Lipinski definition) is 6. The number of nitro benzene ring substituents is 1. The Morgan fingerprint density at radius 1 is 1.17 bits per heavy atom. The first-order valence-corrected chi connectivity index (χ1v) is 13.0. The topological polar surface area (TPSA) is 103 Å². The Morgan fingerprint density at radius 2 is 1.89 bits per heavy atom. The fourth-order valence-electron chi connectivity index (χ4n) is 4.18. The van der Waals surface area contributed by atoms with Crippen molar-refractivity contribution in [3.63, 3.8) is 0 Å². The SMILES string of the molecule is [2H]C([2H])([2H])N(C1CCC(c2cccc(OCc3ccc(Cl)cc3F)n2)CC1)S(=O)(=O)c1ccc([N+](=O)[O-])cc1. The molecule has 3 aromatic rings. The normalized spacial score (nSPS) is 19.8. The highest BCUT2D eigenvalue weighted by atomic mass is 35.5. The number of hydrogen-bond donors (Lipinski definition) is 0. The molecule has 11 heteroatoms. The van der Waals surface area contributed by atoms with Crippen LogP contribution in [0.15, 0.2) is 65.6 Å². The van der Waals surface area contributed by atoms with Crippen molar-refractivity contribution < 1.29 is 26.6 Å². The van der Waals surface area contributed by atoms with Crippen molar-refractivity contribution in [3.8, 4) is 5.88 Å². The molecule has 0 saturated heterocycles. The molecule has 0 amide bonds. The van der Waals surface area contributed by atoms with Crippen LogP contribution in [-0.2, 0) is 16.6 Å². The third-order valence-electron chi connectivity index (χ3n) is 6.19. The molecular weight excluding hydrogens is 509 g/mol. The number of sulfonamides is 1. The second kappa shape index (κ2) is 10.9. The lowest BCUT2D eigenvalue weighted by atomic mass is 9.84. The molecule has 190 valence electrons. The van der Waals surface area contributed by atoms with Crippen molar-refractivity contribution in [2.75, 3.05) is 6.98 Å². The molecule has 1 aromatic heterocycles. The zero-order valence-electron chi connectivity index (χ0n) is 22.0. The second-order valence-electron chi connectivity index (χ2n) is 8.48. The molecule has 2 aromatic carbocycles. The van der Waals surface area contributed by atoms with Crippen LogP contribution in [0.5, 0.6) is 5.88 Å². The standard InChI is InChI=1S/C25H25ClFN3O5S/c1-29(36(33,34)22-13-11-21(12-14-22)30(31)32)20-9-6-17(7-10-20)24-3-2-4-25(28-24)35-16-18-5-8-19(26)15-23(18)27/h2-5,8,11-15,17,20H,6-7,9-10,16H2,1H3/i1D3. The van der Waals surface area contributed by atoms with Gasteiger partial charge < -0.3 is 4.74 Å². The van der Waals surface area contributed by atoms with Crippen molar-refractivity contribution in [2.24, 2.45) is 0 Å². The molecule has 1 aliphatic carbocycles. The number of aromatic nitrogens is 1. The van der Waals surface area contributed by atoms with Gasteiger partial charge in [-0.05, 0) is 56.0 Å². The highest BCUT2D eigenvalue weighted by molar-refractivity contribution is 7.89. The Morgan fingerprint density at radius 3 is 2.53 bits per heavy atom. The quantitative estimate of drug-likeness (QED) is 0.270. The average Bonchev–Trinajstić information content (AvgIpc) is 2.88. The molecule has 1 aliphatic rings. The first-order chi connectivity index (χ1) is 18.4. The van der Waals surface area contributed by atoms with E-state index in [1.54, 1.807) is 18.2 Å². The number of rotatable bonds is 8. The van der Waals surface area contributed by atoms with Crippen LogP contribution in [0.1, 0.15) is 47.0 Å². The van der Waals surface area contributed by atoms with Crippen LogP contribution in [0, 0.1) is 15.9 Å². The van der Waals surface area contributed by atoms with E-state index in [1.807, 2.05) is 6.07 Å². The molecule has 0 atom stereocenters. The minimum atomic E-state index is -4.46. The van der Waals surface area contributed by atoms with Gasteiger partial charge in [-0.25, -0.2) is 17.8 Å². The summed E-state index contributed by atoms with van der Waals surface area (Å²) in [6.45, 7) is -2.98. The second-order valence-corrected chi connectivity index (χ2v) is 10.7. The Bertz CT molecular complexity index is 1450. The van der Waals surface area contributed by atoms with Gasteiger partial charge in [-0.3, -0.25) is 10.1 Å². The van der Waals surface area contributed by atoms with Gasteiger partial charge in [0, 0.05) is 57.5 Å². The van der Waals surface area contributed by atoms with Crippen molar-refractivity contribution in [1.82, 2.24) is 9.29 Å². The summed E-state index contributed by atoms with van der Waals surface area (Å²) in [6.07, 6.45) is 1.51. The van der Waals surface area contributed by atoms with Crippen LogP contribution in [0.2, 0.25) is 5.02 Å². The lowest BCUT2D eigenvalue weighted by Gasteiger charge is -2.33. The van der Waals surface area contributed by atoms with Crippen LogP contribution in [-0.4, -0.2) is 35.6 Å². The average molecular weight is 537 g/mol. The van der Waals surface area contributed by atoms with Crippen LogP contribution in [0.3, 0.4) is 0 Å². The van der Waals surface area contributed by atoms with Gasteiger partial charge in [0.05, 0.1) is 9.82 Å². The maximum atomic E-state index is 14.1. The lowest BCUT2D eigenvalue weighted by molar-refractivity contribution is -0.384. The summed E-state index contributed by atoms with van der Waals surface area (Å²) in [5.74, 6) is -0.245. The predicted molar refractivity (Wildman–Crippen MR) is 133 cm³/mol. The monoisotopic (exact) mass is 536 g/mol. The number of benzene rings is 2. The van der Waals surface area contributed by atoms with Crippen molar-refractivity contribution in [2.45, 2.75) is 49.1 Å². The fraction of sp³-hybridized carbons (Fsp3) is 0.320. The van der Waals surface area contributed by atoms with E-state index >= 15 is 0 Å². The van der Waals surface area contributed by atoms with E-state index in [0.717, 1.165) is 24.3 Å². The van der Waals surface area contributed by atoms with E-state index in [1.165, 1.54) is 12.1 Å². The van der Waals surface area contributed by atoms with Crippen LogP contribution in [0.25, 0.3) is 0 Å². The van der Waals surface area contributed by atoms with Crippen LogP contribution in [0.4, 0.5) is 10.1 Å². The van der Waals surface area contributed by atoms with Gasteiger partial charge in [0.2, 0.25) is 15.9 Å². The lowest BCUT2D eigenvalue weighted by Crippen LogP contribution is -2.39. The summed E-state index contributed by atoms with van der Waals surface area (Å²) in [5.41, 5.74) is 0.735. The summed E-state index contributed by atoms with van der Waals surface area (Å²) < 4.78 is 70.7. The van der Waals surface area contributed by atoms with Gasteiger partial charge in [-0.15, -0.1) is 0 Å². The van der Waals surface area contributed by atoms with Crippen LogP contribution >= 0.6 is 11.6 Å². The maximum Gasteiger partial charge on any atom is 0.269 e. The number of halogens is 2. The molecule has 1 heterocycles. The zero-order chi connectivity index (χ0) is 28.4. The van der Waals surface area contributed by atoms with Gasteiger partial charge in [-0.1, -0.05) is 23.7 Å². The third kappa shape index (κ3) is 5.83. The number of nitrogens with zero attached hydrogens (tertiary/aromatic N) is 3. The van der Waals surface area contributed by atoms with E-state index in [0.29, 0.717) is 34.3 Å². The summed E-state index contributed by atoms with van der Waals surface area (Å²) in [4.78, 5) is 14.5. The van der Waals surface area contributed by atoms with Crippen molar-refractivity contribution in [3.05, 3.63) is 92.9 Å². The Labute approximate surface area is 218 Å². The fourth-order valence-corrected chi connectivity index (χ4v) is 5.65. The first kappa shape index (κ1) is 22.1. The number of ether oxygens (including phenoxy) is 1. The molecule has 1 fully saturated rings. The summed E-state index contributed by atoms with van der Waals surface area (Å²) in [5, 5.41) is 11.2. The van der Waals surface area contributed by atoms with Crippen LogP contribution < -0.4 is 4.74 Å². The molecule has 0 spiro atoms. The molecule has 0 N–H and O–H groups in total. The van der Waals surface area contributed by atoms with Gasteiger partial charge in [0.1, 0.15) is 12.4 Å². The van der Waals surface area contributed by atoms with Gasteiger partial charge in [0.15, 0.2) is 0 Å². The molecule has 0 bridgehead atoms. The number of nitro groups is 1. The zero-order valence-corrected chi connectivity index (χ0v) is 20.6. The molecule has 0 radical (unpaired) electrons. The Balaban J connectivity index is 1.45.